The summed E-state index contributed by atoms with van der Waals surface area (Å²) in [6.07, 6.45) is 3.62. The molecule has 3 aliphatic heterocycles. The van der Waals surface area contributed by atoms with Crippen LogP contribution in [0, 0.1) is 29.5 Å². The number of hydrogen-bond acceptors (Lipinski definition) is 8. The number of likely N-dealkylation sites (tertiary alicyclic amines) is 2. The molecule has 5 aliphatic rings. The molecule has 0 radical (unpaired) electrons. The number of rotatable bonds is 8. The number of ether oxygens (including phenoxy) is 1. The highest BCUT2D eigenvalue weighted by atomic mass is 79.9. The third-order valence-corrected chi connectivity index (χ3v) is 13.8. The number of amides is 4. The Bertz CT molecular complexity index is 2340. The van der Waals surface area contributed by atoms with Crippen LogP contribution in [0.4, 0.5) is 10.1 Å². The Morgan fingerprint density at radius 2 is 1.62 bits per heavy atom. The minimum absolute atomic E-state index is 0.0899. The van der Waals surface area contributed by atoms with Gasteiger partial charge in [-0.1, -0.05) is 81.6 Å². The third kappa shape index (κ3) is 6.14. The molecule has 13 heteroatoms. The molecule has 4 fully saturated rings. The fraction of sp³-hybridized carbons (Fsp3) is 0.333. The first-order valence-corrected chi connectivity index (χ1v) is 20.7. The zero-order valence-corrected chi connectivity index (χ0v) is 34.0. The summed E-state index contributed by atoms with van der Waals surface area (Å²) in [7, 11) is 1.43. The van der Waals surface area contributed by atoms with Crippen molar-refractivity contribution in [3.05, 3.63) is 135 Å². The molecular weight excluding hydrogens is 827 g/mol. The zero-order chi connectivity index (χ0) is 40.5. The molecule has 4 amide bonds. The van der Waals surface area contributed by atoms with Gasteiger partial charge in [-0.3, -0.25) is 34.4 Å². The van der Waals surface area contributed by atoms with Crippen LogP contribution in [0.3, 0.4) is 0 Å². The second kappa shape index (κ2) is 15.0. The molecular formula is C45H41BrClFN4O6. The molecule has 6 atom stereocenters. The Labute approximate surface area is 348 Å². The van der Waals surface area contributed by atoms with Crippen molar-refractivity contribution in [2.45, 2.75) is 49.6 Å². The first kappa shape index (κ1) is 38.5. The van der Waals surface area contributed by atoms with Crippen molar-refractivity contribution in [2.24, 2.45) is 23.7 Å². The van der Waals surface area contributed by atoms with Crippen molar-refractivity contribution in [3.8, 4) is 11.5 Å². The lowest BCUT2D eigenvalue weighted by Crippen LogP contribution is -2.53. The van der Waals surface area contributed by atoms with E-state index in [1.54, 1.807) is 36.4 Å². The van der Waals surface area contributed by atoms with Crippen molar-refractivity contribution < 1.29 is 33.4 Å². The maximum Gasteiger partial charge on any atom is 0.260 e. The Hall–Kier alpha value is -5.04. The summed E-state index contributed by atoms with van der Waals surface area (Å²) in [6.45, 7) is 2.27. The van der Waals surface area contributed by atoms with Crippen molar-refractivity contribution >= 4 is 56.8 Å². The lowest BCUT2D eigenvalue weighted by molar-refractivity contribution is -0.144. The van der Waals surface area contributed by atoms with Crippen LogP contribution >= 0.6 is 27.5 Å². The van der Waals surface area contributed by atoms with Crippen LogP contribution in [-0.4, -0.2) is 69.8 Å². The fourth-order valence-electron chi connectivity index (χ4n) is 10.5. The SMILES string of the molecule is COc1cc(Br)cc(C2C3=CCC4C(=O)N(C5CCN(Cc6ccccc6)CC5)C(=O)C4C3CC3C(=O)N(Nc4ccc(F)cc4)C(=O)C32c2ccc(Cl)cc2)c1O. The van der Waals surface area contributed by atoms with Gasteiger partial charge in [0.2, 0.25) is 11.8 Å². The summed E-state index contributed by atoms with van der Waals surface area (Å²) in [5.41, 5.74) is 4.35. The van der Waals surface area contributed by atoms with E-state index < -0.39 is 52.6 Å². The number of piperidine rings is 1. The Kier molecular flexibility index (Phi) is 9.93. The van der Waals surface area contributed by atoms with Crippen LogP contribution in [-0.2, 0) is 31.1 Å². The number of methoxy groups -OCH3 is 1. The predicted molar refractivity (Wildman–Crippen MR) is 218 cm³/mol. The van der Waals surface area contributed by atoms with Gasteiger partial charge in [0.25, 0.3) is 11.8 Å². The van der Waals surface area contributed by atoms with Crippen LogP contribution in [0.15, 0.2) is 107 Å². The van der Waals surface area contributed by atoms with E-state index in [0.29, 0.717) is 44.7 Å². The third-order valence-electron chi connectivity index (χ3n) is 13.1. The number of fused-ring (bicyclic) bond motifs is 4. The topological polar surface area (TPSA) is 119 Å². The number of hydrogen-bond donors (Lipinski definition) is 2. The average molecular weight is 868 g/mol. The van der Waals surface area contributed by atoms with E-state index in [9.17, 15) is 23.9 Å². The molecule has 1 saturated carbocycles. The number of aromatic hydroxyl groups is 1. The molecule has 9 rings (SSSR count). The molecule has 2 N–H and O–H groups in total. The summed E-state index contributed by atoms with van der Waals surface area (Å²) in [5, 5.41) is 13.4. The number of nitrogens with one attached hydrogen (secondary N) is 1. The number of carbonyl (C=O) groups is 4. The molecule has 3 saturated heterocycles. The number of nitrogens with zero attached hydrogens (tertiary/aromatic N) is 3. The summed E-state index contributed by atoms with van der Waals surface area (Å²) < 4.78 is 20.1. The molecule has 0 spiro atoms. The number of allylic oxidation sites excluding steroid dienone is 2. The van der Waals surface area contributed by atoms with E-state index in [1.165, 1.54) is 41.8 Å². The molecule has 58 heavy (non-hydrogen) atoms. The molecule has 4 aromatic rings. The number of hydrazine groups is 1. The maximum absolute atomic E-state index is 15.4. The highest BCUT2D eigenvalue weighted by Gasteiger charge is 2.71. The molecule has 298 valence electrons. The summed E-state index contributed by atoms with van der Waals surface area (Å²) in [4.78, 5) is 63.5. The lowest BCUT2D eigenvalue weighted by Gasteiger charge is -2.50. The standard InChI is InChI=1S/C45H41BrClFN4O6/c1-58-37-22-27(46)21-35(40(37)53)39-32-15-16-33-38(43(56)51(41(33)54)31-17-19-50(20-18-31)24-25-5-3-2-4-6-25)34(32)23-36-42(55)52(49-30-13-11-29(48)12-14-30)44(57)45(36,39)26-7-9-28(47)10-8-26/h2-15,21-22,31,33-34,36,38-39,49,53H,16-20,23-24H2,1H3. The molecule has 0 aromatic heterocycles. The molecule has 2 aliphatic carbocycles. The van der Waals surface area contributed by atoms with Crippen LogP contribution in [0.25, 0.3) is 0 Å². The Morgan fingerprint density at radius 3 is 2.31 bits per heavy atom. The van der Waals surface area contributed by atoms with Crippen molar-refractivity contribution in [1.29, 1.82) is 0 Å². The number of phenols is 1. The number of phenolic OH excluding ortho intramolecular Hbond substituents is 1. The summed E-state index contributed by atoms with van der Waals surface area (Å²) in [6, 6.07) is 25.4. The Morgan fingerprint density at radius 1 is 0.914 bits per heavy atom. The normalized spacial score (nSPS) is 27.3. The maximum atomic E-state index is 15.4. The van der Waals surface area contributed by atoms with Gasteiger partial charge in [0.15, 0.2) is 11.5 Å². The van der Waals surface area contributed by atoms with Crippen LogP contribution < -0.4 is 10.2 Å². The molecule has 10 nitrogen and oxygen atoms in total. The quantitative estimate of drug-likeness (QED) is 0.137. The first-order chi connectivity index (χ1) is 28.0. The number of halogens is 3. The molecule has 4 aromatic carbocycles. The second-order valence-electron chi connectivity index (χ2n) is 16.0. The summed E-state index contributed by atoms with van der Waals surface area (Å²) >= 11 is 9.99. The monoisotopic (exact) mass is 866 g/mol. The van der Waals surface area contributed by atoms with E-state index in [4.69, 9.17) is 16.3 Å². The molecule has 3 heterocycles. The smallest absolute Gasteiger partial charge is 0.260 e. The number of benzene rings is 4. The highest BCUT2D eigenvalue weighted by molar-refractivity contribution is 9.10. The van der Waals surface area contributed by atoms with Crippen molar-refractivity contribution in [3.63, 3.8) is 0 Å². The van der Waals surface area contributed by atoms with Gasteiger partial charge in [-0.05, 0) is 91.3 Å². The minimum atomic E-state index is -1.65. The van der Waals surface area contributed by atoms with Crippen LogP contribution in [0.5, 0.6) is 11.5 Å². The van der Waals surface area contributed by atoms with Gasteiger partial charge in [-0.15, -0.1) is 0 Å². The molecule has 6 unspecified atom stereocenters. The largest absolute Gasteiger partial charge is 0.504 e. The van der Waals surface area contributed by atoms with E-state index in [0.717, 1.165) is 24.6 Å². The van der Waals surface area contributed by atoms with Crippen LogP contribution in [0.1, 0.15) is 48.3 Å². The first-order valence-electron chi connectivity index (χ1n) is 19.6. The van der Waals surface area contributed by atoms with E-state index in [1.807, 2.05) is 24.3 Å². The van der Waals surface area contributed by atoms with Gasteiger partial charge in [-0.2, -0.15) is 5.01 Å². The van der Waals surface area contributed by atoms with Gasteiger partial charge in [0.1, 0.15) is 5.82 Å². The fourth-order valence-corrected chi connectivity index (χ4v) is 11.1. The number of carbonyl (C=O) groups excluding carboxylic acids is 4. The average Bonchev–Trinajstić information content (AvgIpc) is 3.61. The predicted octanol–water partition coefficient (Wildman–Crippen LogP) is 7.61. The number of imide groups is 2. The van der Waals surface area contributed by atoms with E-state index >= 15 is 4.79 Å². The van der Waals surface area contributed by atoms with Crippen LogP contribution in [0.2, 0.25) is 5.02 Å². The minimum Gasteiger partial charge on any atom is -0.504 e. The summed E-state index contributed by atoms with van der Waals surface area (Å²) in [5.74, 6) is -6.17. The van der Waals surface area contributed by atoms with Gasteiger partial charge in [0.05, 0.1) is 36.0 Å². The van der Waals surface area contributed by atoms with Gasteiger partial charge >= 0.3 is 0 Å². The lowest BCUT2D eigenvalue weighted by atomic mass is 9.49. The number of anilines is 1. The highest BCUT2D eigenvalue weighted by Crippen LogP contribution is 2.65. The van der Waals surface area contributed by atoms with Crippen molar-refractivity contribution in [1.82, 2.24) is 14.8 Å². The second-order valence-corrected chi connectivity index (χ2v) is 17.3. The van der Waals surface area contributed by atoms with E-state index in [2.05, 4.69) is 38.4 Å². The van der Waals surface area contributed by atoms with Gasteiger partial charge in [-0.25, -0.2) is 4.39 Å². The Balaban J connectivity index is 1.14. The van der Waals surface area contributed by atoms with E-state index in [-0.39, 0.29) is 42.2 Å². The van der Waals surface area contributed by atoms with Gasteiger partial charge in [0, 0.05) is 46.7 Å². The van der Waals surface area contributed by atoms with Crippen molar-refractivity contribution in [2.75, 3.05) is 25.6 Å². The molecule has 0 bridgehead atoms. The van der Waals surface area contributed by atoms with Gasteiger partial charge < -0.3 is 9.84 Å². The zero-order valence-electron chi connectivity index (χ0n) is 31.6.